The van der Waals surface area contributed by atoms with E-state index in [1.54, 1.807) is 25.2 Å². The van der Waals surface area contributed by atoms with Gasteiger partial charge in [-0.25, -0.2) is 0 Å². The summed E-state index contributed by atoms with van der Waals surface area (Å²) in [5.41, 5.74) is 1.62. The van der Waals surface area contributed by atoms with Crippen molar-refractivity contribution in [3.63, 3.8) is 0 Å². The van der Waals surface area contributed by atoms with Crippen LogP contribution in [0.2, 0.25) is 0 Å². The molecule has 2 rings (SSSR count). The summed E-state index contributed by atoms with van der Waals surface area (Å²) in [5, 5.41) is 3.59. The standard InChI is InChI=1S/C16H26N4O/c1-4-8-17-13-6-10-20(11-7-13)14-5-9-18-15(12-14)16(21)19(2)3/h5,9,12-13,17H,4,6-8,10-11H2,1-3H3. The summed E-state index contributed by atoms with van der Waals surface area (Å²) < 4.78 is 0. The molecule has 1 aliphatic heterocycles. The topological polar surface area (TPSA) is 48.5 Å². The Hall–Kier alpha value is -1.62. The lowest BCUT2D eigenvalue weighted by Crippen LogP contribution is -2.42. The van der Waals surface area contributed by atoms with E-state index in [9.17, 15) is 4.79 Å². The minimum Gasteiger partial charge on any atom is -0.371 e. The Labute approximate surface area is 127 Å². The number of carbonyl (C=O) groups is 1. The van der Waals surface area contributed by atoms with Gasteiger partial charge in [0.25, 0.3) is 5.91 Å². The average Bonchev–Trinajstić information content (AvgIpc) is 2.52. The van der Waals surface area contributed by atoms with Gasteiger partial charge in [-0.05, 0) is 37.9 Å². The van der Waals surface area contributed by atoms with Crippen molar-refractivity contribution < 1.29 is 4.79 Å². The van der Waals surface area contributed by atoms with Crippen molar-refractivity contribution in [1.82, 2.24) is 15.2 Å². The van der Waals surface area contributed by atoms with Gasteiger partial charge in [-0.1, -0.05) is 6.92 Å². The molecule has 0 aromatic carbocycles. The van der Waals surface area contributed by atoms with E-state index in [4.69, 9.17) is 0 Å². The lowest BCUT2D eigenvalue weighted by atomic mass is 10.0. The van der Waals surface area contributed by atoms with Gasteiger partial charge in [0.2, 0.25) is 0 Å². The van der Waals surface area contributed by atoms with Crippen LogP contribution in [0.15, 0.2) is 18.3 Å². The lowest BCUT2D eigenvalue weighted by Gasteiger charge is -2.34. The van der Waals surface area contributed by atoms with E-state index >= 15 is 0 Å². The van der Waals surface area contributed by atoms with E-state index in [2.05, 4.69) is 22.1 Å². The van der Waals surface area contributed by atoms with Crippen molar-refractivity contribution in [2.75, 3.05) is 38.6 Å². The predicted octanol–water partition coefficient (Wildman–Crippen LogP) is 1.75. The molecule has 2 heterocycles. The summed E-state index contributed by atoms with van der Waals surface area (Å²) in [6.07, 6.45) is 5.21. The number of amides is 1. The van der Waals surface area contributed by atoms with Crippen molar-refractivity contribution in [3.8, 4) is 0 Å². The summed E-state index contributed by atoms with van der Waals surface area (Å²) in [4.78, 5) is 20.1. The minimum absolute atomic E-state index is 0.0450. The summed E-state index contributed by atoms with van der Waals surface area (Å²) in [5.74, 6) is -0.0450. The minimum atomic E-state index is -0.0450. The Kier molecular flexibility index (Phi) is 5.56. The molecule has 5 heteroatoms. The molecule has 0 bridgehead atoms. The van der Waals surface area contributed by atoms with Gasteiger partial charge < -0.3 is 15.1 Å². The quantitative estimate of drug-likeness (QED) is 0.897. The first kappa shape index (κ1) is 15.8. The summed E-state index contributed by atoms with van der Waals surface area (Å²) >= 11 is 0. The van der Waals surface area contributed by atoms with E-state index in [-0.39, 0.29) is 5.91 Å². The third-order valence-corrected chi connectivity index (χ3v) is 3.91. The maximum atomic E-state index is 12.0. The molecule has 0 saturated carbocycles. The van der Waals surface area contributed by atoms with Crippen LogP contribution in [-0.2, 0) is 0 Å². The normalized spacial score (nSPS) is 16.0. The molecule has 1 N–H and O–H groups in total. The number of nitrogens with one attached hydrogen (secondary N) is 1. The zero-order chi connectivity index (χ0) is 15.2. The van der Waals surface area contributed by atoms with Crippen molar-refractivity contribution in [2.24, 2.45) is 0 Å². The first-order valence-corrected chi connectivity index (χ1v) is 7.78. The average molecular weight is 290 g/mol. The van der Waals surface area contributed by atoms with Crippen LogP contribution in [-0.4, -0.2) is 55.6 Å². The van der Waals surface area contributed by atoms with E-state index in [1.165, 1.54) is 6.42 Å². The van der Waals surface area contributed by atoms with Gasteiger partial charge in [-0.2, -0.15) is 0 Å². The van der Waals surface area contributed by atoms with Crippen LogP contribution in [0.1, 0.15) is 36.7 Å². The summed E-state index contributed by atoms with van der Waals surface area (Å²) in [6, 6.07) is 4.53. The van der Waals surface area contributed by atoms with E-state index in [0.29, 0.717) is 11.7 Å². The molecular formula is C16H26N4O. The third-order valence-electron chi connectivity index (χ3n) is 3.91. The van der Waals surface area contributed by atoms with Crippen LogP contribution in [0.25, 0.3) is 0 Å². The highest BCUT2D eigenvalue weighted by Gasteiger charge is 2.20. The molecule has 1 amide bonds. The van der Waals surface area contributed by atoms with Crippen molar-refractivity contribution in [3.05, 3.63) is 24.0 Å². The molecule has 1 aromatic rings. The van der Waals surface area contributed by atoms with Gasteiger partial charge in [-0.15, -0.1) is 0 Å². The maximum Gasteiger partial charge on any atom is 0.272 e. The van der Waals surface area contributed by atoms with Crippen LogP contribution in [0, 0.1) is 0 Å². The Balaban J connectivity index is 1.97. The van der Waals surface area contributed by atoms with E-state index < -0.39 is 0 Å². The van der Waals surface area contributed by atoms with Crippen LogP contribution in [0.3, 0.4) is 0 Å². The highest BCUT2D eigenvalue weighted by Crippen LogP contribution is 2.20. The first-order valence-electron chi connectivity index (χ1n) is 7.78. The highest BCUT2D eigenvalue weighted by atomic mass is 16.2. The molecule has 1 aliphatic rings. The fraction of sp³-hybridized carbons (Fsp3) is 0.625. The lowest BCUT2D eigenvalue weighted by molar-refractivity contribution is 0.0822. The highest BCUT2D eigenvalue weighted by molar-refractivity contribution is 5.92. The molecule has 5 nitrogen and oxygen atoms in total. The van der Waals surface area contributed by atoms with Crippen LogP contribution >= 0.6 is 0 Å². The predicted molar refractivity (Wildman–Crippen MR) is 85.8 cm³/mol. The largest absolute Gasteiger partial charge is 0.371 e. The molecular weight excluding hydrogens is 264 g/mol. The summed E-state index contributed by atoms with van der Waals surface area (Å²) in [6.45, 7) is 5.35. The monoisotopic (exact) mass is 290 g/mol. The van der Waals surface area contributed by atoms with E-state index in [0.717, 1.165) is 38.2 Å². The van der Waals surface area contributed by atoms with Crippen molar-refractivity contribution >= 4 is 11.6 Å². The molecule has 1 aromatic heterocycles. The van der Waals surface area contributed by atoms with Gasteiger partial charge in [0.15, 0.2) is 0 Å². The van der Waals surface area contributed by atoms with Crippen molar-refractivity contribution in [2.45, 2.75) is 32.2 Å². The molecule has 0 radical (unpaired) electrons. The zero-order valence-corrected chi connectivity index (χ0v) is 13.3. The molecule has 116 valence electrons. The third kappa shape index (κ3) is 4.17. The SMILES string of the molecule is CCCNC1CCN(c2ccnc(C(=O)N(C)C)c2)CC1. The van der Waals surface area contributed by atoms with Gasteiger partial charge in [-0.3, -0.25) is 9.78 Å². The zero-order valence-electron chi connectivity index (χ0n) is 13.3. The number of hydrogen-bond donors (Lipinski definition) is 1. The number of hydrogen-bond acceptors (Lipinski definition) is 4. The second-order valence-electron chi connectivity index (χ2n) is 5.81. The Bertz CT molecular complexity index is 467. The number of aromatic nitrogens is 1. The molecule has 1 fully saturated rings. The number of pyridine rings is 1. The smallest absolute Gasteiger partial charge is 0.272 e. The van der Waals surface area contributed by atoms with Gasteiger partial charge >= 0.3 is 0 Å². The molecule has 0 atom stereocenters. The molecule has 1 saturated heterocycles. The van der Waals surface area contributed by atoms with E-state index in [1.807, 2.05) is 12.1 Å². The molecule has 0 aliphatic carbocycles. The second kappa shape index (κ2) is 7.41. The molecule has 21 heavy (non-hydrogen) atoms. The second-order valence-corrected chi connectivity index (χ2v) is 5.81. The maximum absolute atomic E-state index is 12.0. The number of anilines is 1. The van der Waals surface area contributed by atoms with Gasteiger partial charge in [0.05, 0.1) is 0 Å². The Morgan fingerprint density at radius 3 is 2.76 bits per heavy atom. The van der Waals surface area contributed by atoms with Gasteiger partial charge in [0, 0.05) is 45.1 Å². The molecule has 0 unspecified atom stereocenters. The van der Waals surface area contributed by atoms with Crippen LogP contribution in [0.5, 0.6) is 0 Å². The van der Waals surface area contributed by atoms with Gasteiger partial charge in [0.1, 0.15) is 5.69 Å². The fourth-order valence-corrected chi connectivity index (χ4v) is 2.65. The number of carbonyl (C=O) groups excluding carboxylic acids is 1. The van der Waals surface area contributed by atoms with Crippen LogP contribution in [0.4, 0.5) is 5.69 Å². The molecule has 0 spiro atoms. The Morgan fingerprint density at radius 1 is 1.43 bits per heavy atom. The fourth-order valence-electron chi connectivity index (χ4n) is 2.65. The van der Waals surface area contributed by atoms with Crippen LogP contribution < -0.4 is 10.2 Å². The van der Waals surface area contributed by atoms with Crippen molar-refractivity contribution in [1.29, 1.82) is 0 Å². The Morgan fingerprint density at radius 2 is 2.14 bits per heavy atom. The summed E-state index contributed by atoms with van der Waals surface area (Å²) in [7, 11) is 3.50. The number of nitrogens with zero attached hydrogens (tertiary/aromatic N) is 3. The first-order chi connectivity index (χ1) is 10.1. The number of piperidine rings is 1. The number of rotatable bonds is 5.